The molecule has 1 aliphatic rings. The van der Waals surface area contributed by atoms with Crippen LogP contribution in [0, 0.1) is 12.7 Å². The normalized spacial score (nSPS) is 15.2. The summed E-state index contributed by atoms with van der Waals surface area (Å²) in [4.78, 5) is 6.65. The van der Waals surface area contributed by atoms with E-state index < -0.39 is 5.82 Å². The van der Waals surface area contributed by atoms with Crippen LogP contribution in [0.5, 0.6) is 0 Å². The van der Waals surface area contributed by atoms with Gasteiger partial charge in [-0.25, -0.2) is 13.9 Å². The number of ether oxygens (including phenoxy) is 1. The third-order valence-electron chi connectivity index (χ3n) is 4.31. The molecule has 1 aliphatic heterocycles. The summed E-state index contributed by atoms with van der Waals surface area (Å²) in [6, 6.07) is 5.07. The Hall–Kier alpha value is -2.67. The third-order valence-corrected chi connectivity index (χ3v) is 4.31. The number of nitrogens with zero attached hydrogens (tertiary/aromatic N) is 4. The average Bonchev–Trinajstić information content (AvgIpc) is 3.06. The van der Waals surface area contributed by atoms with Crippen molar-refractivity contribution >= 4 is 17.0 Å². The van der Waals surface area contributed by atoms with Gasteiger partial charge >= 0.3 is 0 Å². The van der Waals surface area contributed by atoms with Gasteiger partial charge in [-0.3, -0.25) is 0 Å². The second-order valence-electron chi connectivity index (χ2n) is 5.90. The lowest BCUT2D eigenvalue weighted by molar-refractivity contribution is 0.123. The molecule has 0 aliphatic carbocycles. The maximum atomic E-state index is 13.7. The van der Waals surface area contributed by atoms with Crippen LogP contribution in [0.3, 0.4) is 0 Å². The second-order valence-corrected chi connectivity index (χ2v) is 5.90. The minimum absolute atomic E-state index is 0.121. The SMILES string of the molecule is Cc1cc(F)c(N)cc1-c1cc(N2CCOCC2)c2nccn2n1. The van der Waals surface area contributed by atoms with Crippen LogP contribution < -0.4 is 10.6 Å². The van der Waals surface area contributed by atoms with Crippen LogP contribution >= 0.6 is 0 Å². The van der Waals surface area contributed by atoms with Crippen molar-refractivity contribution in [1.82, 2.24) is 14.6 Å². The van der Waals surface area contributed by atoms with Crippen molar-refractivity contribution in [2.75, 3.05) is 36.9 Å². The Morgan fingerprint density at radius 1 is 1.21 bits per heavy atom. The standard InChI is InChI=1S/C17H18FN5O/c1-11-8-13(18)14(19)9-12(11)15-10-16(22-4-6-24-7-5-22)17-20-2-3-23(17)21-15/h2-3,8-10H,4-7,19H2,1H3. The number of anilines is 2. The van der Waals surface area contributed by atoms with E-state index in [0.717, 1.165) is 41.2 Å². The van der Waals surface area contributed by atoms with Gasteiger partial charge in [-0.05, 0) is 30.7 Å². The van der Waals surface area contributed by atoms with Gasteiger partial charge in [0.2, 0.25) is 0 Å². The summed E-state index contributed by atoms with van der Waals surface area (Å²) >= 11 is 0. The van der Waals surface area contributed by atoms with Gasteiger partial charge < -0.3 is 15.4 Å². The molecule has 124 valence electrons. The van der Waals surface area contributed by atoms with Crippen LogP contribution in [-0.4, -0.2) is 40.9 Å². The molecule has 0 unspecified atom stereocenters. The van der Waals surface area contributed by atoms with Crippen molar-refractivity contribution in [3.63, 3.8) is 0 Å². The van der Waals surface area contributed by atoms with Crippen LogP contribution in [0.1, 0.15) is 5.56 Å². The number of aromatic nitrogens is 3. The molecular formula is C17H18FN5O. The van der Waals surface area contributed by atoms with Crippen LogP contribution in [0.2, 0.25) is 0 Å². The molecule has 3 heterocycles. The zero-order valence-electron chi connectivity index (χ0n) is 13.4. The zero-order chi connectivity index (χ0) is 16.7. The lowest BCUT2D eigenvalue weighted by Gasteiger charge is -2.29. The summed E-state index contributed by atoms with van der Waals surface area (Å²) in [5.74, 6) is -0.409. The lowest BCUT2D eigenvalue weighted by Crippen LogP contribution is -2.36. The smallest absolute Gasteiger partial charge is 0.177 e. The van der Waals surface area contributed by atoms with Crippen LogP contribution in [-0.2, 0) is 4.74 Å². The Kier molecular flexibility index (Phi) is 3.57. The second kappa shape index (κ2) is 5.76. The first-order valence-corrected chi connectivity index (χ1v) is 7.86. The minimum Gasteiger partial charge on any atom is -0.396 e. The third kappa shape index (κ3) is 2.46. The Morgan fingerprint density at radius 3 is 2.79 bits per heavy atom. The quantitative estimate of drug-likeness (QED) is 0.731. The van der Waals surface area contributed by atoms with E-state index in [1.54, 1.807) is 16.8 Å². The van der Waals surface area contributed by atoms with Gasteiger partial charge in [0, 0.05) is 31.0 Å². The summed E-state index contributed by atoms with van der Waals surface area (Å²) in [5, 5.41) is 4.61. The predicted molar refractivity (Wildman–Crippen MR) is 90.6 cm³/mol. The first-order chi connectivity index (χ1) is 11.6. The molecule has 2 aromatic heterocycles. The molecule has 0 radical (unpaired) electrons. The first kappa shape index (κ1) is 14.9. The number of imidazole rings is 1. The highest BCUT2D eigenvalue weighted by atomic mass is 19.1. The molecule has 6 nitrogen and oxygen atoms in total. The Balaban J connectivity index is 1.89. The van der Waals surface area contributed by atoms with Crippen LogP contribution in [0.15, 0.2) is 30.6 Å². The highest BCUT2D eigenvalue weighted by Gasteiger charge is 2.18. The number of fused-ring (bicyclic) bond motifs is 1. The average molecular weight is 327 g/mol. The molecule has 7 heteroatoms. The number of rotatable bonds is 2. The molecule has 1 fully saturated rings. The number of halogens is 1. The highest BCUT2D eigenvalue weighted by molar-refractivity contribution is 5.77. The molecule has 24 heavy (non-hydrogen) atoms. The van der Waals surface area contributed by atoms with Crippen molar-refractivity contribution in [3.8, 4) is 11.3 Å². The van der Waals surface area contributed by atoms with Crippen LogP contribution in [0.4, 0.5) is 15.8 Å². The summed E-state index contributed by atoms with van der Waals surface area (Å²) < 4.78 is 20.9. The number of hydrogen-bond donors (Lipinski definition) is 1. The Bertz CT molecular complexity index is 901. The number of hydrogen-bond acceptors (Lipinski definition) is 5. The van der Waals surface area contributed by atoms with Crippen LogP contribution in [0.25, 0.3) is 16.9 Å². The maximum Gasteiger partial charge on any atom is 0.177 e. The molecule has 3 aromatic rings. The molecule has 4 rings (SSSR count). The van der Waals surface area contributed by atoms with Gasteiger partial charge in [0.25, 0.3) is 0 Å². The molecule has 0 atom stereocenters. The van der Waals surface area contributed by atoms with E-state index in [1.807, 2.05) is 19.2 Å². The van der Waals surface area contributed by atoms with Gasteiger partial charge in [0.1, 0.15) is 5.82 Å². The molecule has 1 aromatic carbocycles. The van der Waals surface area contributed by atoms with Crippen molar-refractivity contribution in [2.45, 2.75) is 6.92 Å². The first-order valence-electron chi connectivity index (χ1n) is 7.86. The lowest BCUT2D eigenvalue weighted by atomic mass is 10.0. The number of nitrogen functional groups attached to an aromatic ring is 1. The fourth-order valence-electron chi connectivity index (χ4n) is 3.03. The van der Waals surface area contributed by atoms with E-state index >= 15 is 0 Å². The molecule has 0 amide bonds. The Labute approximate surface area is 138 Å². The topological polar surface area (TPSA) is 68.7 Å². The fraction of sp³-hybridized carbons (Fsp3) is 0.294. The molecule has 0 saturated carbocycles. The number of morpholine rings is 1. The summed E-state index contributed by atoms with van der Waals surface area (Å²) in [7, 11) is 0. The van der Waals surface area contributed by atoms with Gasteiger partial charge in [0.15, 0.2) is 5.65 Å². The van der Waals surface area contributed by atoms with Crippen molar-refractivity contribution in [3.05, 3.63) is 42.0 Å². The molecule has 0 spiro atoms. The van der Waals surface area contributed by atoms with E-state index in [-0.39, 0.29) is 5.69 Å². The van der Waals surface area contributed by atoms with Crippen molar-refractivity contribution in [2.24, 2.45) is 0 Å². The van der Waals surface area contributed by atoms with Gasteiger partial charge in [-0.15, -0.1) is 0 Å². The largest absolute Gasteiger partial charge is 0.396 e. The van der Waals surface area contributed by atoms with Gasteiger partial charge in [0.05, 0.1) is 30.3 Å². The van der Waals surface area contributed by atoms with E-state index in [9.17, 15) is 4.39 Å². The van der Waals surface area contributed by atoms with Gasteiger partial charge in [-0.2, -0.15) is 5.10 Å². The monoisotopic (exact) mass is 327 g/mol. The number of benzene rings is 1. The molecule has 2 N–H and O–H groups in total. The van der Waals surface area contributed by atoms with E-state index in [0.29, 0.717) is 13.2 Å². The zero-order valence-corrected chi connectivity index (χ0v) is 13.4. The Morgan fingerprint density at radius 2 is 2.00 bits per heavy atom. The summed E-state index contributed by atoms with van der Waals surface area (Å²) in [5.41, 5.74) is 10.0. The van der Waals surface area contributed by atoms with E-state index in [1.165, 1.54) is 6.07 Å². The maximum absolute atomic E-state index is 13.7. The van der Waals surface area contributed by atoms with E-state index in [4.69, 9.17) is 10.5 Å². The number of nitrogens with two attached hydrogens (primary N) is 1. The number of aryl methyl sites for hydroxylation is 1. The molecule has 0 bridgehead atoms. The molecule has 1 saturated heterocycles. The predicted octanol–water partition coefficient (Wildman–Crippen LogP) is 2.26. The highest BCUT2D eigenvalue weighted by Crippen LogP contribution is 2.30. The van der Waals surface area contributed by atoms with Crippen molar-refractivity contribution < 1.29 is 9.13 Å². The van der Waals surface area contributed by atoms with Crippen molar-refractivity contribution in [1.29, 1.82) is 0 Å². The minimum atomic E-state index is -0.409. The summed E-state index contributed by atoms with van der Waals surface area (Å²) in [6.45, 7) is 4.83. The molecular weight excluding hydrogens is 309 g/mol. The van der Waals surface area contributed by atoms with Gasteiger partial charge in [-0.1, -0.05) is 0 Å². The summed E-state index contributed by atoms with van der Waals surface area (Å²) in [6.07, 6.45) is 3.53. The fourth-order valence-corrected chi connectivity index (χ4v) is 3.03. The van der Waals surface area contributed by atoms with E-state index in [2.05, 4.69) is 15.0 Å².